The molecule has 0 heterocycles. The van der Waals surface area contributed by atoms with Gasteiger partial charge in [-0.2, -0.15) is 0 Å². The Labute approximate surface area is 170 Å². The molecule has 0 aliphatic heterocycles. The monoisotopic (exact) mass is 389 g/mol. The van der Waals surface area contributed by atoms with Gasteiger partial charge in [0, 0.05) is 13.0 Å². The van der Waals surface area contributed by atoms with Gasteiger partial charge in [0.2, 0.25) is 11.8 Å². The van der Waals surface area contributed by atoms with E-state index in [0.29, 0.717) is 25.3 Å². The van der Waals surface area contributed by atoms with Gasteiger partial charge in [-0.15, -0.1) is 0 Å². The van der Waals surface area contributed by atoms with Crippen LogP contribution in [-0.4, -0.2) is 30.4 Å². The van der Waals surface area contributed by atoms with Crippen LogP contribution in [0, 0.1) is 5.92 Å². The lowest BCUT2D eigenvalue weighted by Crippen LogP contribution is -2.52. The van der Waals surface area contributed by atoms with Crippen LogP contribution in [-0.2, 0) is 16.0 Å². The van der Waals surface area contributed by atoms with E-state index in [1.54, 1.807) is 0 Å². The molecule has 5 nitrogen and oxygen atoms in total. The smallest absolute Gasteiger partial charge is 0.242 e. The first-order valence-electron chi connectivity index (χ1n) is 10.8. The Morgan fingerprint density at radius 2 is 1.61 bits per heavy atom. The van der Waals surface area contributed by atoms with Crippen LogP contribution in [0.15, 0.2) is 30.3 Å². The van der Waals surface area contributed by atoms with Gasteiger partial charge in [0.05, 0.1) is 6.04 Å². The van der Waals surface area contributed by atoms with E-state index in [1.165, 1.54) is 25.7 Å². The molecule has 2 amide bonds. The maximum atomic E-state index is 12.7. The van der Waals surface area contributed by atoms with E-state index in [0.717, 1.165) is 18.4 Å². The third-order valence-electron chi connectivity index (χ3n) is 4.81. The van der Waals surface area contributed by atoms with Gasteiger partial charge in [-0.3, -0.25) is 9.59 Å². The first-order chi connectivity index (χ1) is 13.4. The predicted octanol–water partition coefficient (Wildman–Crippen LogP) is 3.56. The number of hydrogen-bond acceptors (Lipinski definition) is 3. The summed E-state index contributed by atoms with van der Waals surface area (Å²) in [6, 6.07) is 8.55. The van der Waals surface area contributed by atoms with E-state index in [9.17, 15) is 9.59 Å². The quantitative estimate of drug-likeness (QED) is 0.425. The fourth-order valence-corrected chi connectivity index (χ4v) is 3.19. The van der Waals surface area contributed by atoms with Crippen LogP contribution in [0.25, 0.3) is 0 Å². The first kappa shape index (κ1) is 24.2. The highest BCUT2D eigenvalue weighted by atomic mass is 16.2. The van der Waals surface area contributed by atoms with Gasteiger partial charge in [-0.1, -0.05) is 83.2 Å². The average molecular weight is 390 g/mol. The number of carbonyl (C=O) groups is 2. The van der Waals surface area contributed by atoms with Gasteiger partial charge in [-0.25, -0.2) is 0 Å². The number of unbranched alkanes of at least 4 members (excludes halogenated alkanes) is 5. The maximum absolute atomic E-state index is 12.7. The predicted molar refractivity (Wildman–Crippen MR) is 116 cm³/mol. The molecule has 1 rings (SSSR count). The molecule has 28 heavy (non-hydrogen) atoms. The summed E-state index contributed by atoms with van der Waals surface area (Å²) in [5.41, 5.74) is 7.01. The second kappa shape index (κ2) is 14.2. The highest BCUT2D eigenvalue weighted by Gasteiger charge is 2.24. The van der Waals surface area contributed by atoms with Gasteiger partial charge in [0.25, 0.3) is 0 Å². The molecule has 0 unspecified atom stereocenters. The summed E-state index contributed by atoms with van der Waals surface area (Å²) >= 11 is 0. The topological polar surface area (TPSA) is 84.2 Å². The van der Waals surface area contributed by atoms with E-state index in [4.69, 9.17) is 5.73 Å². The summed E-state index contributed by atoms with van der Waals surface area (Å²) in [5.74, 6) is -0.0679. The lowest BCUT2D eigenvalue weighted by Gasteiger charge is -2.21. The van der Waals surface area contributed by atoms with Gasteiger partial charge < -0.3 is 16.4 Å². The summed E-state index contributed by atoms with van der Waals surface area (Å²) in [5, 5.41) is 5.85. The zero-order chi connectivity index (χ0) is 20.8. The Morgan fingerprint density at radius 3 is 2.25 bits per heavy atom. The molecule has 1 aromatic carbocycles. The molecule has 0 aromatic heterocycles. The molecular formula is C23H39N3O2. The van der Waals surface area contributed by atoms with E-state index < -0.39 is 12.1 Å². The summed E-state index contributed by atoms with van der Waals surface area (Å²) in [4.78, 5) is 25.1. The summed E-state index contributed by atoms with van der Waals surface area (Å²) < 4.78 is 0. The first-order valence-corrected chi connectivity index (χ1v) is 10.8. The molecule has 0 bridgehead atoms. The number of rotatable bonds is 14. The molecular weight excluding hydrogens is 350 g/mol. The Kier molecular flexibility index (Phi) is 12.2. The number of carbonyl (C=O) groups excluding carboxylic acids is 2. The number of nitrogens with one attached hydrogen (secondary N) is 2. The number of benzene rings is 1. The Morgan fingerprint density at radius 1 is 0.964 bits per heavy atom. The van der Waals surface area contributed by atoms with Crippen LogP contribution in [0.1, 0.15) is 71.3 Å². The molecule has 1 aromatic rings. The SMILES string of the molecule is CCCCCCCCNC(=O)[C@H](Cc1ccccc1)NC(=O)[C@@H](N)CC(C)C. The number of hydrogen-bond donors (Lipinski definition) is 3. The van der Waals surface area contributed by atoms with Crippen molar-refractivity contribution >= 4 is 11.8 Å². The van der Waals surface area contributed by atoms with Crippen molar-refractivity contribution < 1.29 is 9.59 Å². The van der Waals surface area contributed by atoms with Crippen LogP contribution in [0.5, 0.6) is 0 Å². The number of nitrogens with two attached hydrogens (primary N) is 1. The van der Waals surface area contributed by atoms with Crippen LogP contribution < -0.4 is 16.4 Å². The summed E-state index contributed by atoms with van der Waals surface area (Å²) in [7, 11) is 0. The standard InChI is InChI=1S/C23H39N3O2/c1-4-5-6-7-8-12-15-25-23(28)21(17-19-13-10-9-11-14-19)26-22(27)20(24)16-18(2)3/h9-11,13-14,18,20-21H,4-8,12,15-17,24H2,1-3H3,(H,25,28)(H,26,27)/t20-,21-/m0/s1. The fourth-order valence-electron chi connectivity index (χ4n) is 3.19. The Bertz CT molecular complexity index is 560. The minimum Gasteiger partial charge on any atom is -0.354 e. The fraction of sp³-hybridized carbons (Fsp3) is 0.652. The van der Waals surface area contributed by atoms with E-state index in [1.807, 2.05) is 44.2 Å². The van der Waals surface area contributed by atoms with Crippen LogP contribution in [0.2, 0.25) is 0 Å². The van der Waals surface area contributed by atoms with Crippen molar-refractivity contribution in [2.75, 3.05) is 6.54 Å². The second-order valence-corrected chi connectivity index (χ2v) is 8.05. The van der Waals surface area contributed by atoms with Crippen LogP contribution in [0.3, 0.4) is 0 Å². The van der Waals surface area contributed by atoms with Crippen LogP contribution >= 0.6 is 0 Å². The zero-order valence-electron chi connectivity index (χ0n) is 17.9. The van der Waals surface area contributed by atoms with Crippen LogP contribution in [0.4, 0.5) is 0 Å². The highest BCUT2D eigenvalue weighted by Crippen LogP contribution is 2.07. The minimum atomic E-state index is -0.604. The molecule has 0 spiro atoms. The molecule has 0 saturated heterocycles. The average Bonchev–Trinajstić information content (AvgIpc) is 2.66. The number of amides is 2. The third-order valence-corrected chi connectivity index (χ3v) is 4.81. The largest absolute Gasteiger partial charge is 0.354 e. The molecule has 0 aliphatic carbocycles. The van der Waals surface area contributed by atoms with Gasteiger partial charge >= 0.3 is 0 Å². The molecule has 2 atom stereocenters. The van der Waals surface area contributed by atoms with Gasteiger partial charge in [0.1, 0.15) is 6.04 Å². The Balaban J connectivity index is 2.56. The van der Waals surface area contributed by atoms with Gasteiger partial charge in [0.15, 0.2) is 0 Å². The molecule has 5 heteroatoms. The zero-order valence-corrected chi connectivity index (χ0v) is 17.9. The van der Waals surface area contributed by atoms with Crippen molar-refractivity contribution in [1.82, 2.24) is 10.6 Å². The summed E-state index contributed by atoms with van der Waals surface area (Å²) in [6.07, 6.45) is 8.11. The Hall–Kier alpha value is -1.88. The normalized spacial score (nSPS) is 13.2. The van der Waals surface area contributed by atoms with Crippen molar-refractivity contribution in [2.45, 2.75) is 84.2 Å². The lowest BCUT2D eigenvalue weighted by atomic mass is 10.0. The minimum absolute atomic E-state index is 0.137. The lowest BCUT2D eigenvalue weighted by molar-refractivity contribution is -0.129. The van der Waals surface area contributed by atoms with Crippen molar-refractivity contribution in [2.24, 2.45) is 11.7 Å². The van der Waals surface area contributed by atoms with Crippen molar-refractivity contribution in [1.29, 1.82) is 0 Å². The molecule has 0 radical (unpaired) electrons. The molecule has 0 fully saturated rings. The van der Waals surface area contributed by atoms with E-state index in [-0.39, 0.29) is 11.8 Å². The van der Waals surface area contributed by atoms with Gasteiger partial charge in [-0.05, 0) is 24.3 Å². The second-order valence-electron chi connectivity index (χ2n) is 8.05. The van der Waals surface area contributed by atoms with Crippen molar-refractivity contribution in [3.63, 3.8) is 0 Å². The maximum Gasteiger partial charge on any atom is 0.242 e. The highest BCUT2D eigenvalue weighted by molar-refractivity contribution is 5.89. The third kappa shape index (κ3) is 10.5. The van der Waals surface area contributed by atoms with Crippen molar-refractivity contribution in [3.8, 4) is 0 Å². The van der Waals surface area contributed by atoms with E-state index in [2.05, 4.69) is 17.6 Å². The molecule has 0 saturated carbocycles. The van der Waals surface area contributed by atoms with E-state index >= 15 is 0 Å². The summed E-state index contributed by atoms with van der Waals surface area (Å²) in [6.45, 7) is 6.91. The van der Waals surface area contributed by atoms with Crippen molar-refractivity contribution in [3.05, 3.63) is 35.9 Å². The molecule has 0 aliphatic rings. The molecule has 4 N–H and O–H groups in total. The molecule has 158 valence electrons.